The van der Waals surface area contributed by atoms with Crippen molar-refractivity contribution in [2.45, 2.75) is 18.2 Å². The zero-order valence-electron chi connectivity index (χ0n) is 8.74. The van der Waals surface area contributed by atoms with E-state index in [2.05, 4.69) is 0 Å². The number of alkyl halides is 3. The van der Waals surface area contributed by atoms with Crippen LogP contribution in [-0.2, 0) is 10.3 Å². The molecule has 1 unspecified atom stereocenters. The number of benzene rings is 1. The van der Waals surface area contributed by atoms with Gasteiger partial charge in [0.2, 0.25) is 0 Å². The van der Waals surface area contributed by atoms with Crippen molar-refractivity contribution in [3.63, 3.8) is 0 Å². The van der Waals surface area contributed by atoms with E-state index in [9.17, 15) is 13.2 Å². The normalized spacial score (nSPS) is 24.3. The molecule has 7 heteroatoms. The summed E-state index contributed by atoms with van der Waals surface area (Å²) in [6, 6.07) is 4.91. The van der Waals surface area contributed by atoms with Gasteiger partial charge in [-0.15, -0.1) is 0 Å². The number of hydrogen-bond donors (Lipinski definition) is 2. The monoisotopic (exact) mass is 246 g/mol. The maximum atomic E-state index is 12.9. The van der Waals surface area contributed by atoms with Crippen LogP contribution in [-0.4, -0.2) is 29.9 Å². The maximum absolute atomic E-state index is 12.9. The predicted molar refractivity (Wildman–Crippen MR) is 54.6 cm³/mol. The van der Waals surface area contributed by atoms with E-state index in [1.165, 1.54) is 24.3 Å². The smallest absolute Gasteiger partial charge is 0.423 e. The maximum Gasteiger partial charge on any atom is 0.488 e. The van der Waals surface area contributed by atoms with Crippen LogP contribution < -0.4 is 5.46 Å². The van der Waals surface area contributed by atoms with Gasteiger partial charge in [-0.05, 0) is 11.0 Å². The van der Waals surface area contributed by atoms with Gasteiger partial charge in [0, 0.05) is 6.42 Å². The van der Waals surface area contributed by atoms with Crippen LogP contribution in [0.1, 0.15) is 12.0 Å². The molecule has 0 spiro atoms. The molecule has 1 aromatic rings. The molecule has 2 rings (SSSR count). The third-order valence-electron chi connectivity index (χ3n) is 2.94. The van der Waals surface area contributed by atoms with Crippen molar-refractivity contribution < 1.29 is 28.0 Å². The van der Waals surface area contributed by atoms with Crippen molar-refractivity contribution >= 4 is 12.6 Å². The Kier molecular flexibility index (Phi) is 2.93. The van der Waals surface area contributed by atoms with Crippen molar-refractivity contribution in [3.05, 3.63) is 29.8 Å². The van der Waals surface area contributed by atoms with Gasteiger partial charge in [0.1, 0.15) is 0 Å². The number of rotatable bonds is 2. The fraction of sp³-hybridized carbons (Fsp3) is 0.400. The highest BCUT2D eigenvalue weighted by Gasteiger charge is 2.61. The Balaban J connectivity index is 2.33. The average Bonchev–Trinajstić information content (AvgIpc) is 2.14. The quantitative estimate of drug-likeness (QED) is 0.749. The molecule has 1 saturated heterocycles. The van der Waals surface area contributed by atoms with Crippen molar-refractivity contribution in [1.82, 2.24) is 0 Å². The second-order valence-electron chi connectivity index (χ2n) is 3.92. The first kappa shape index (κ1) is 12.4. The lowest BCUT2D eigenvalue weighted by molar-refractivity contribution is -0.333. The van der Waals surface area contributed by atoms with Crippen LogP contribution >= 0.6 is 0 Å². The van der Waals surface area contributed by atoms with Crippen molar-refractivity contribution in [3.8, 4) is 0 Å². The molecule has 1 aromatic carbocycles. The Bertz CT molecular complexity index is 398. The molecule has 0 aliphatic carbocycles. The third-order valence-corrected chi connectivity index (χ3v) is 2.94. The lowest BCUT2D eigenvalue weighted by Crippen LogP contribution is -2.52. The summed E-state index contributed by atoms with van der Waals surface area (Å²) in [6.45, 7) is 0.0733. The van der Waals surface area contributed by atoms with Gasteiger partial charge in [-0.25, -0.2) is 0 Å². The summed E-state index contributed by atoms with van der Waals surface area (Å²) in [6.07, 6.45) is -4.58. The van der Waals surface area contributed by atoms with Crippen molar-refractivity contribution in [2.75, 3.05) is 6.61 Å². The molecule has 1 atom stereocenters. The molecule has 1 fully saturated rings. The van der Waals surface area contributed by atoms with Gasteiger partial charge in [-0.1, -0.05) is 24.3 Å². The van der Waals surface area contributed by atoms with E-state index in [4.69, 9.17) is 14.8 Å². The first-order valence-electron chi connectivity index (χ1n) is 5.04. The minimum absolute atomic E-state index is 0.0133. The second kappa shape index (κ2) is 4.01. The first-order valence-corrected chi connectivity index (χ1v) is 5.04. The molecule has 92 valence electrons. The lowest BCUT2D eigenvalue weighted by Gasteiger charge is -2.43. The molecule has 3 nitrogen and oxygen atoms in total. The van der Waals surface area contributed by atoms with E-state index in [-0.39, 0.29) is 24.1 Å². The van der Waals surface area contributed by atoms with Crippen LogP contribution in [0.5, 0.6) is 0 Å². The average molecular weight is 246 g/mol. The topological polar surface area (TPSA) is 49.7 Å². The Morgan fingerprint density at radius 1 is 1.18 bits per heavy atom. The minimum atomic E-state index is -4.47. The molecule has 0 aromatic heterocycles. The summed E-state index contributed by atoms with van der Waals surface area (Å²) in [7, 11) is -1.69. The van der Waals surface area contributed by atoms with Crippen molar-refractivity contribution in [2.24, 2.45) is 0 Å². The molecule has 0 radical (unpaired) electrons. The molecule has 0 saturated carbocycles. The number of hydrogen-bond acceptors (Lipinski definition) is 3. The van der Waals surface area contributed by atoms with Gasteiger partial charge in [0.25, 0.3) is 0 Å². The molecular weight excluding hydrogens is 236 g/mol. The van der Waals surface area contributed by atoms with E-state index >= 15 is 0 Å². The number of ether oxygens (including phenoxy) is 1. The Morgan fingerprint density at radius 2 is 1.71 bits per heavy atom. The lowest BCUT2D eigenvalue weighted by atomic mass is 9.78. The molecule has 1 aliphatic heterocycles. The van der Waals surface area contributed by atoms with Gasteiger partial charge in [-0.2, -0.15) is 13.2 Å². The Morgan fingerprint density at radius 3 is 2.00 bits per heavy atom. The number of halogens is 3. The van der Waals surface area contributed by atoms with Crippen LogP contribution in [0.25, 0.3) is 0 Å². The molecule has 0 amide bonds. The predicted octanol–water partition coefficient (Wildman–Crippen LogP) is 0.544. The van der Waals surface area contributed by atoms with E-state index in [0.29, 0.717) is 0 Å². The standard InChI is InChI=1S/C10H10BF3O3/c12-10(13,14)9(5-6-17-9)7-1-3-8(4-2-7)11(15)16/h1-4,15-16H,5-6H2. The van der Waals surface area contributed by atoms with Crippen LogP contribution in [0, 0.1) is 0 Å². The zero-order chi connectivity index (χ0) is 12.7. The minimum Gasteiger partial charge on any atom is -0.423 e. The second-order valence-corrected chi connectivity index (χ2v) is 3.92. The van der Waals surface area contributed by atoms with Gasteiger partial charge < -0.3 is 14.8 Å². The Labute approximate surface area is 96.0 Å². The summed E-state index contributed by atoms with van der Waals surface area (Å²) < 4.78 is 43.4. The zero-order valence-corrected chi connectivity index (χ0v) is 8.74. The van der Waals surface area contributed by atoms with Gasteiger partial charge in [0.05, 0.1) is 6.61 Å². The van der Waals surface area contributed by atoms with E-state index in [0.717, 1.165) is 0 Å². The summed E-state index contributed by atoms with van der Waals surface area (Å²) in [5.74, 6) is 0. The van der Waals surface area contributed by atoms with Crippen LogP contribution in [0.2, 0.25) is 0 Å². The van der Waals surface area contributed by atoms with Gasteiger partial charge in [-0.3, -0.25) is 0 Å². The molecule has 0 bridgehead atoms. The van der Waals surface area contributed by atoms with E-state index in [1.54, 1.807) is 0 Å². The summed E-state index contributed by atoms with van der Waals surface area (Å²) in [4.78, 5) is 0. The van der Waals surface area contributed by atoms with Crippen LogP contribution in [0.3, 0.4) is 0 Å². The van der Waals surface area contributed by atoms with Crippen LogP contribution in [0.15, 0.2) is 24.3 Å². The highest BCUT2D eigenvalue weighted by Crippen LogP contribution is 2.49. The molecular formula is C10H10BF3O3. The third kappa shape index (κ3) is 1.94. The summed E-state index contributed by atoms with van der Waals surface area (Å²) >= 11 is 0. The fourth-order valence-electron chi connectivity index (χ4n) is 1.85. The highest BCUT2D eigenvalue weighted by atomic mass is 19.4. The van der Waals surface area contributed by atoms with Crippen molar-refractivity contribution in [1.29, 1.82) is 0 Å². The fourth-order valence-corrected chi connectivity index (χ4v) is 1.85. The van der Waals surface area contributed by atoms with Crippen LogP contribution in [0.4, 0.5) is 13.2 Å². The van der Waals surface area contributed by atoms with E-state index < -0.39 is 18.9 Å². The van der Waals surface area contributed by atoms with E-state index in [1.807, 2.05) is 0 Å². The molecule has 17 heavy (non-hydrogen) atoms. The summed E-state index contributed by atoms with van der Waals surface area (Å²) in [5.41, 5.74) is -2.10. The largest absolute Gasteiger partial charge is 0.488 e. The first-order chi connectivity index (χ1) is 7.87. The highest BCUT2D eigenvalue weighted by molar-refractivity contribution is 6.58. The summed E-state index contributed by atoms with van der Waals surface area (Å²) in [5, 5.41) is 17.7. The van der Waals surface area contributed by atoms with Gasteiger partial charge >= 0.3 is 13.3 Å². The SMILES string of the molecule is OB(O)c1ccc(C2(C(F)(F)F)CCO2)cc1. The molecule has 1 heterocycles. The molecule has 2 N–H and O–H groups in total. The molecule has 1 aliphatic rings. The Hall–Kier alpha value is -1.05. The van der Waals surface area contributed by atoms with Gasteiger partial charge in [0.15, 0.2) is 5.60 Å².